The van der Waals surface area contributed by atoms with Crippen molar-refractivity contribution in [2.45, 2.75) is 19.3 Å². The van der Waals surface area contributed by atoms with Crippen molar-refractivity contribution in [1.29, 1.82) is 0 Å². The molecule has 2 aromatic carbocycles. The first-order valence-corrected chi connectivity index (χ1v) is 9.59. The summed E-state index contributed by atoms with van der Waals surface area (Å²) in [6, 6.07) is 19.9. The van der Waals surface area contributed by atoms with Crippen molar-refractivity contribution in [3.05, 3.63) is 66.2 Å². The second-order valence-electron chi connectivity index (χ2n) is 6.79. The second-order valence-corrected chi connectivity index (χ2v) is 6.79. The number of likely N-dealkylation sites (N-methyl/N-ethyl adjacent to an activating group) is 1. The van der Waals surface area contributed by atoms with E-state index < -0.39 is 0 Å². The fourth-order valence-electron chi connectivity index (χ4n) is 3.08. The highest BCUT2D eigenvalue weighted by Crippen LogP contribution is 2.15. The van der Waals surface area contributed by atoms with Gasteiger partial charge in [0.2, 0.25) is 11.8 Å². The van der Waals surface area contributed by atoms with Gasteiger partial charge < -0.3 is 10.2 Å². The minimum atomic E-state index is -0.110. The molecule has 0 spiro atoms. The number of hydrogen-bond acceptors (Lipinski definition) is 4. The van der Waals surface area contributed by atoms with Crippen molar-refractivity contribution in [2.24, 2.45) is 5.10 Å². The molecule has 1 N–H and O–H groups in total. The van der Waals surface area contributed by atoms with E-state index in [2.05, 4.69) is 15.3 Å². The first-order chi connectivity index (χ1) is 13.6. The molecule has 0 saturated carbocycles. The zero-order chi connectivity index (χ0) is 19.8. The van der Waals surface area contributed by atoms with Crippen LogP contribution < -0.4 is 10.2 Å². The summed E-state index contributed by atoms with van der Waals surface area (Å²) < 4.78 is 0. The van der Waals surface area contributed by atoms with Crippen LogP contribution in [0.4, 0.5) is 5.69 Å². The number of para-hydroxylation sites is 1. The van der Waals surface area contributed by atoms with E-state index in [1.165, 1.54) is 5.01 Å². The van der Waals surface area contributed by atoms with E-state index >= 15 is 0 Å². The molecule has 2 amide bonds. The molecule has 146 valence electrons. The van der Waals surface area contributed by atoms with Gasteiger partial charge in [0.1, 0.15) is 0 Å². The topological polar surface area (TPSA) is 65.0 Å². The number of anilines is 1. The lowest BCUT2D eigenvalue weighted by molar-refractivity contribution is -0.133. The predicted octanol–water partition coefficient (Wildman–Crippen LogP) is 2.66. The molecule has 1 heterocycles. The van der Waals surface area contributed by atoms with E-state index in [0.717, 1.165) is 23.4 Å². The lowest BCUT2D eigenvalue weighted by atomic mass is 10.1. The number of hydrogen-bond donors (Lipinski definition) is 1. The van der Waals surface area contributed by atoms with Crippen LogP contribution in [-0.2, 0) is 9.59 Å². The Morgan fingerprint density at radius 2 is 1.71 bits per heavy atom. The molecule has 0 atom stereocenters. The molecule has 0 fully saturated rings. The van der Waals surface area contributed by atoms with E-state index in [-0.39, 0.29) is 24.7 Å². The number of rotatable bonds is 8. The average molecular weight is 378 g/mol. The largest absolute Gasteiger partial charge is 0.373 e. The van der Waals surface area contributed by atoms with Crippen LogP contribution in [0.25, 0.3) is 0 Å². The maximum atomic E-state index is 12.3. The predicted molar refractivity (Wildman–Crippen MR) is 111 cm³/mol. The average Bonchev–Trinajstić information content (AvgIpc) is 3.23. The molecule has 0 unspecified atom stereocenters. The van der Waals surface area contributed by atoms with Gasteiger partial charge in [-0.2, -0.15) is 5.10 Å². The van der Waals surface area contributed by atoms with Gasteiger partial charge in [-0.25, -0.2) is 5.01 Å². The summed E-state index contributed by atoms with van der Waals surface area (Å²) in [5.74, 6) is -0.219. The highest BCUT2D eigenvalue weighted by molar-refractivity contribution is 6.02. The number of benzene rings is 2. The number of nitrogens with zero attached hydrogens (tertiary/aromatic N) is 3. The molecule has 0 bridgehead atoms. The second kappa shape index (κ2) is 9.69. The van der Waals surface area contributed by atoms with Crippen LogP contribution in [0.5, 0.6) is 0 Å². The van der Waals surface area contributed by atoms with Gasteiger partial charge in [-0.15, -0.1) is 0 Å². The van der Waals surface area contributed by atoms with Crippen LogP contribution in [0.2, 0.25) is 0 Å². The fourth-order valence-corrected chi connectivity index (χ4v) is 3.08. The van der Waals surface area contributed by atoms with Gasteiger partial charge in [-0.05, 0) is 17.7 Å². The zero-order valence-electron chi connectivity index (χ0n) is 16.2. The lowest BCUT2D eigenvalue weighted by Gasteiger charge is -2.19. The molecule has 1 aliphatic heterocycles. The Bertz CT molecular complexity index is 821. The maximum Gasteiger partial charge on any atom is 0.243 e. The Kier molecular flexibility index (Phi) is 6.78. The first kappa shape index (κ1) is 19.6. The highest BCUT2D eigenvalue weighted by atomic mass is 16.2. The summed E-state index contributed by atoms with van der Waals surface area (Å²) in [5, 5.41) is 8.78. The molecular formula is C22H26N4O2. The molecule has 2 aromatic rings. The molecule has 6 nitrogen and oxygen atoms in total. The standard InChI is InChI=1S/C22H26N4O2/c1-25(19-10-6-3-7-11-19)17-15-23-21(27)12-13-22(28)26-16-14-20(24-26)18-8-4-2-5-9-18/h2-11H,12-17H2,1H3,(H,23,27). The van der Waals surface area contributed by atoms with E-state index in [1.54, 1.807) is 0 Å². The Labute approximate surface area is 165 Å². The summed E-state index contributed by atoms with van der Waals surface area (Å²) in [4.78, 5) is 26.4. The Morgan fingerprint density at radius 1 is 1.04 bits per heavy atom. The van der Waals surface area contributed by atoms with E-state index in [9.17, 15) is 9.59 Å². The summed E-state index contributed by atoms with van der Waals surface area (Å²) in [5.41, 5.74) is 3.06. The Hall–Kier alpha value is -3.15. The van der Waals surface area contributed by atoms with Crippen LogP contribution in [-0.4, -0.2) is 49.2 Å². The number of hydrazone groups is 1. The Morgan fingerprint density at radius 3 is 2.43 bits per heavy atom. The molecular weight excluding hydrogens is 352 g/mol. The summed E-state index contributed by atoms with van der Waals surface area (Å²) in [6.45, 7) is 1.82. The minimum absolute atomic E-state index is 0.109. The molecule has 28 heavy (non-hydrogen) atoms. The fraction of sp³-hybridized carbons (Fsp3) is 0.318. The number of amides is 2. The highest BCUT2D eigenvalue weighted by Gasteiger charge is 2.21. The van der Waals surface area contributed by atoms with Crippen LogP contribution in [0.15, 0.2) is 65.8 Å². The van der Waals surface area contributed by atoms with Crippen molar-refractivity contribution < 1.29 is 9.59 Å². The van der Waals surface area contributed by atoms with Crippen molar-refractivity contribution in [3.8, 4) is 0 Å². The molecule has 0 aromatic heterocycles. The third-order valence-electron chi connectivity index (χ3n) is 4.73. The van der Waals surface area contributed by atoms with Crippen LogP contribution in [0.3, 0.4) is 0 Å². The molecule has 0 radical (unpaired) electrons. The van der Waals surface area contributed by atoms with Gasteiger partial charge in [-0.1, -0.05) is 48.5 Å². The van der Waals surface area contributed by atoms with E-state index in [1.807, 2.05) is 67.7 Å². The van der Waals surface area contributed by atoms with E-state index in [4.69, 9.17) is 0 Å². The smallest absolute Gasteiger partial charge is 0.243 e. The molecule has 0 saturated heterocycles. The zero-order valence-corrected chi connectivity index (χ0v) is 16.2. The van der Waals surface area contributed by atoms with Crippen LogP contribution in [0, 0.1) is 0 Å². The van der Waals surface area contributed by atoms with Gasteiger partial charge in [0, 0.05) is 45.1 Å². The van der Waals surface area contributed by atoms with Gasteiger partial charge in [0.15, 0.2) is 0 Å². The van der Waals surface area contributed by atoms with Crippen LogP contribution in [0.1, 0.15) is 24.8 Å². The van der Waals surface area contributed by atoms with Crippen molar-refractivity contribution >= 4 is 23.2 Å². The van der Waals surface area contributed by atoms with Gasteiger partial charge >= 0.3 is 0 Å². The molecule has 6 heteroatoms. The van der Waals surface area contributed by atoms with Gasteiger partial charge in [0.25, 0.3) is 0 Å². The SMILES string of the molecule is CN(CCNC(=O)CCC(=O)N1CCC(c2ccccc2)=N1)c1ccccc1. The third-order valence-corrected chi connectivity index (χ3v) is 4.73. The van der Waals surface area contributed by atoms with Crippen LogP contribution >= 0.6 is 0 Å². The first-order valence-electron chi connectivity index (χ1n) is 9.59. The minimum Gasteiger partial charge on any atom is -0.373 e. The number of carbonyl (C=O) groups is 2. The summed E-state index contributed by atoms with van der Waals surface area (Å²) in [6.07, 6.45) is 1.10. The summed E-state index contributed by atoms with van der Waals surface area (Å²) in [7, 11) is 1.99. The molecule has 3 rings (SSSR count). The monoisotopic (exact) mass is 378 g/mol. The van der Waals surface area contributed by atoms with Gasteiger partial charge in [0.05, 0.1) is 12.3 Å². The normalized spacial score (nSPS) is 13.2. The summed E-state index contributed by atoms with van der Waals surface area (Å²) >= 11 is 0. The maximum absolute atomic E-state index is 12.3. The van der Waals surface area contributed by atoms with Gasteiger partial charge in [-0.3, -0.25) is 9.59 Å². The Balaban J connectivity index is 1.38. The molecule has 0 aliphatic carbocycles. The number of carbonyl (C=O) groups excluding carboxylic acids is 2. The van der Waals surface area contributed by atoms with E-state index in [0.29, 0.717) is 19.6 Å². The van der Waals surface area contributed by atoms with Crippen molar-refractivity contribution in [2.75, 3.05) is 31.6 Å². The molecule has 1 aliphatic rings. The number of nitrogens with one attached hydrogen (secondary N) is 1. The third kappa shape index (κ3) is 5.42. The quantitative estimate of drug-likeness (QED) is 0.768. The van der Waals surface area contributed by atoms with Crippen molar-refractivity contribution in [1.82, 2.24) is 10.3 Å². The lowest BCUT2D eigenvalue weighted by Crippen LogP contribution is -2.33. The van der Waals surface area contributed by atoms with Crippen molar-refractivity contribution in [3.63, 3.8) is 0 Å².